The maximum Gasteiger partial charge on any atom is 0.249 e. The van der Waals surface area contributed by atoms with Crippen LogP contribution >= 0.6 is 0 Å². The molecule has 2 heterocycles. The fourth-order valence-corrected chi connectivity index (χ4v) is 5.24. The standard InChI is InChI=1S/C32H37N7O3/c1-21(40)19-39-36-30(35-37-39)26-10-6-5-9-25(26)23-14-12-22(13-15-23)20-38-28-11-7-4-8-24(28)16-17-27(31(38)42)34-29(41)18-32(2,3)33/h4-15,21,27,40H,16-20,33H2,1-3H3,(H,34,41)/t21?,27-/m1/s1. The fourth-order valence-electron chi connectivity index (χ4n) is 5.24. The van der Waals surface area contributed by atoms with Crippen LogP contribution in [0.5, 0.6) is 0 Å². The Balaban J connectivity index is 1.38. The van der Waals surface area contributed by atoms with Gasteiger partial charge in [0, 0.05) is 23.2 Å². The number of carbonyl (C=O) groups is 2. The van der Waals surface area contributed by atoms with Gasteiger partial charge in [-0.2, -0.15) is 4.80 Å². The molecular weight excluding hydrogens is 530 g/mol. The molecule has 218 valence electrons. The molecule has 5 rings (SSSR count). The van der Waals surface area contributed by atoms with E-state index in [1.54, 1.807) is 25.7 Å². The number of anilines is 1. The number of nitrogens with two attached hydrogens (primary N) is 1. The Morgan fingerprint density at radius 1 is 1.07 bits per heavy atom. The molecule has 0 spiro atoms. The van der Waals surface area contributed by atoms with Crippen molar-refractivity contribution in [1.82, 2.24) is 25.5 Å². The monoisotopic (exact) mass is 567 g/mol. The summed E-state index contributed by atoms with van der Waals surface area (Å²) in [5, 5.41) is 25.3. The predicted molar refractivity (Wildman–Crippen MR) is 161 cm³/mol. The van der Waals surface area contributed by atoms with E-state index in [9.17, 15) is 14.7 Å². The molecule has 10 heteroatoms. The van der Waals surface area contributed by atoms with E-state index in [4.69, 9.17) is 5.73 Å². The first-order valence-corrected chi connectivity index (χ1v) is 14.2. The second kappa shape index (κ2) is 12.2. The van der Waals surface area contributed by atoms with Crippen molar-refractivity contribution in [1.29, 1.82) is 0 Å². The fraction of sp³-hybridized carbons (Fsp3) is 0.344. The first-order valence-electron chi connectivity index (χ1n) is 14.2. The number of benzene rings is 3. The third-order valence-corrected chi connectivity index (χ3v) is 7.15. The maximum atomic E-state index is 13.8. The van der Waals surface area contributed by atoms with Crippen LogP contribution in [0.15, 0.2) is 72.8 Å². The quantitative estimate of drug-likeness (QED) is 0.281. The summed E-state index contributed by atoms with van der Waals surface area (Å²) in [5.74, 6) is 0.118. The summed E-state index contributed by atoms with van der Waals surface area (Å²) in [7, 11) is 0. The lowest BCUT2D eigenvalue weighted by molar-refractivity contribution is -0.128. The molecule has 1 aliphatic heterocycles. The number of nitrogens with one attached hydrogen (secondary N) is 1. The lowest BCUT2D eigenvalue weighted by atomic mass is 9.98. The third-order valence-electron chi connectivity index (χ3n) is 7.15. The summed E-state index contributed by atoms with van der Waals surface area (Å²) in [6, 6.07) is 23.2. The highest BCUT2D eigenvalue weighted by molar-refractivity contribution is 6.00. The van der Waals surface area contributed by atoms with E-state index in [0.29, 0.717) is 25.2 Å². The highest BCUT2D eigenvalue weighted by Crippen LogP contribution is 2.32. The van der Waals surface area contributed by atoms with Crippen LogP contribution in [0.4, 0.5) is 5.69 Å². The number of hydrogen-bond donors (Lipinski definition) is 3. The van der Waals surface area contributed by atoms with E-state index in [0.717, 1.165) is 33.5 Å². The number of nitrogens with zero attached hydrogens (tertiary/aromatic N) is 5. The van der Waals surface area contributed by atoms with Gasteiger partial charge in [-0.15, -0.1) is 10.2 Å². The molecule has 0 bridgehead atoms. The molecule has 2 amide bonds. The Hall–Kier alpha value is -4.41. The highest BCUT2D eigenvalue weighted by Gasteiger charge is 2.32. The topological polar surface area (TPSA) is 139 Å². The van der Waals surface area contributed by atoms with Gasteiger partial charge in [0.15, 0.2) is 0 Å². The van der Waals surface area contributed by atoms with Crippen molar-refractivity contribution in [3.8, 4) is 22.5 Å². The zero-order valence-corrected chi connectivity index (χ0v) is 24.2. The SMILES string of the molecule is CC(O)Cn1nnc(-c2ccccc2-c2ccc(CN3C(=O)[C@H](NC(=O)CC(C)(C)N)CCc4ccccc43)cc2)n1. The Bertz CT molecular complexity index is 1560. The van der Waals surface area contributed by atoms with Gasteiger partial charge in [-0.05, 0) is 67.1 Å². The molecule has 42 heavy (non-hydrogen) atoms. The summed E-state index contributed by atoms with van der Waals surface area (Å²) < 4.78 is 0. The number of fused-ring (bicyclic) bond motifs is 1. The number of para-hydroxylation sites is 1. The van der Waals surface area contributed by atoms with Crippen molar-refractivity contribution in [2.45, 2.75) is 70.8 Å². The van der Waals surface area contributed by atoms with Crippen LogP contribution in [0.25, 0.3) is 22.5 Å². The Morgan fingerprint density at radius 3 is 2.48 bits per heavy atom. The normalized spacial score (nSPS) is 16.1. The van der Waals surface area contributed by atoms with Crippen LogP contribution in [0.1, 0.15) is 44.7 Å². The number of aliphatic hydroxyl groups is 1. The number of carbonyl (C=O) groups excluding carboxylic acids is 2. The van der Waals surface area contributed by atoms with Crippen LogP contribution in [-0.2, 0) is 29.1 Å². The summed E-state index contributed by atoms with van der Waals surface area (Å²) in [6.45, 7) is 5.89. The van der Waals surface area contributed by atoms with Gasteiger partial charge < -0.3 is 21.1 Å². The van der Waals surface area contributed by atoms with E-state index >= 15 is 0 Å². The first-order chi connectivity index (χ1) is 20.1. The van der Waals surface area contributed by atoms with E-state index in [1.807, 2.05) is 72.8 Å². The minimum absolute atomic E-state index is 0.135. The van der Waals surface area contributed by atoms with Crippen molar-refractivity contribution in [3.05, 3.63) is 83.9 Å². The lowest BCUT2D eigenvalue weighted by Gasteiger charge is -2.27. The number of tetrazole rings is 1. The average molecular weight is 568 g/mol. The Kier molecular flexibility index (Phi) is 8.46. The Labute approximate surface area is 245 Å². The van der Waals surface area contributed by atoms with E-state index in [-0.39, 0.29) is 24.8 Å². The number of amides is 2. The van der Waals surface area contributed by atoms with Gasteiger partial charge in [0.25, 0.3) is 0 Å². The van der Waals surface area contributed by atoms with Crippen molar-refractivity contribution >= 4 is 17.5 Å². The second-order valence-electron chi connectivity index (χ2n) is 11.6. The van der Waals surface area contributed by atoms with Crippen LogP contribution < -0.4 is 16.0 Å². The van der Waals surface area contributed by atoms with Crippen LogP contribution in [0.2, 0.25) is 0 Å². The molecule has 0 radical (unpaired) electrons. The lowest BCUT2D eigenvalue weighted by Crippen LogP contribution is -2.49. The minimum Gasteiger partial charge on any atom is -0.391 e. The molecule has 0 saturated heterocycles. The molecule has 3 aromatic carbocycles. The van der Waals surface area contributed by atoms with Crippen molar-refractivity contribution in [3.63, 3.8) is 0 Å². The molecule has 2 atom stereocenters. The first kappa shape index (κ1) is 29.1. The smallest absolute Gasteiger partial charge is 0.249 e. The molecule has 1 aromatic heterocycles. The van der Waals surface area contributed by atoms with Crippen LogP contribution in [-0.4, -0.2) is 54.8 Å². The maximum absolute atomic E-state index is 13.8. The highest BCUT2D eigenvalue weighted by atomic mass is 16.3. The summed E-state index contributed by atoms with van der Waals surface area (Å²) in [4.78, 5) is 29.7. The summed E-state index contributed by atoms with van der Waals surface area (Å²) in [5.41, 5.74) is 11.0. The van der Waals surface area contributed by atoms with Gasteiger partial charge in [0.1, 0.15) is 6.04 Å². The zero-order chi connectivity index (χ0) is 29.9. The van der Waals surface area contributed by atoms with Gasteiger partial charge >= 0.3 is 0 Å². The van der Waals surface area contributed by atoms with Gasteiger partial charge in [0.05, 0.1) is 19.2 Å². The van der Waals surface area contributed by atoms with Crippen molar-refractivity contribution in [2.75, 3.05) is 4.90 Å². The van der Waals surface area contributed by atoms with Crippen LogP contribution in [0, 0.1) is 0 Å². The van der Waals surface area contributed by atoms with E-state index in [1.165, 1.54) is 4.80 Å². The predicted octanol–water partition coefficient (Wildman–Crippen LogP) is 3.48. The van der Waals surface area contributed by atoms with Crippen LogP contribution in [0.3, 0.4) is 0 Å². The molecule has 0 aliphatic carbocycles. The van der Waals surface area contributed by atoms with Gasteiger partial charge in [-0.25, -0.2) is 0 Å². The zero-order valence-electron chi connectivity index (χ0n) is 24.2. The van der Waals surface area contributed by atoms with E-state index in [2.05, 4.69) is 20.7 Å². The van der Waals surface area contributed by atoms with Gasteiger partial charge in [-0.1, -0.05) is 66.7 Å². The number of aryl methyl sites for hydroxylation is 1. The van der Waals surface area contributed by atoms with E-state index < -0.39 is 17.7 Å². The number of aliphatic hydroxyl groups excluding tert-OH is 1. The number of aromatic nitrogens is 4. The Morgan fingerprint density at radius 2 is 1.76 bits per heavy atom. The number of rotatable bonds is 9. The molecule has 10 nitrogen and oxygen atoms in total. The molecule has 0 saturated carbocycles. The van der Waals surface area contributed by atoms with Gasteiger partial charge in [-0.3, -0.25) is 9.59 Å². The molecule has 1 unspecified atom stereocenters. The molecule has 0 fully saturated rings. The molecule has 1 aliphatic rings. The average Bonchev–Trinajstić information content (AvgIpc) is 3.36. The van der Waals surface area contributed by atoms with Gasteiger partial charge in [0.2, 0.25) is 17.6 Å². The molecule has 4 N–H and O–H groups in total. The second-order valence-corrected chi connectivity index (χ2v) is 11.6. The van der Waals surface area contributed by atoms with Crippen molar-refractivity contribution in [2.24, 2.45) is 5.73 Å². The third kappa shape index (κ3) is 6.89. The summed E-state index contributed by atoms with van der Waals surface area (Å²) >= 11 is 0. The number of hydrogen-bond acceptors (Lipinski definition) is 7. The molecule has 4 aromatic rings. The summed E-state index contributed by atoms with van der Waals surface area (Å²) in [6.07, 6.45) is 0.761. The largest absolute Gasteiger partial charge is 0.391 e. The van der Waals surface area contributed by atoms with Crippen molar-refractivity contribution < 1.29 is 14.7 Å². The minimum atomic E-state index is -0.661. The molecular formula is C32H37N7O3.